The average molecular weight is 287 g/mol. The molecular formula is C14H16F3NO2. The molecule has 0 saturated carbocycles. The summed E-state index contributed by atoms with van der Waals surface area (Å²) in [5, 5.41) is 2.22. The molecule has 0 unspecified atom stereocenters. The Morgan fingerprint density at radius 1 is 1.30 bits per heavy atom. The second-order valence-corrected chi connectivity index (χ2v) is 4.15. The fourth-order valence-corrected chi connectivity index (χ4v) is 1.44. The van der Waals surface area contributed by atoms with Gasteiger partial charge in [-0.15, -0.1) is 0 Å². The van der Waals surface area contributed by atoms with Crippen LogP contribution in [0.4, 0.5) is 13.2 Å². The van der Waals surface area contributed by atoms with Crippen molar-refractivity contribution in [2.24, 2.45) is 0 Å². The zero-order valence-electron chi connectivity index (χ0n) is 11.3. The Balaban J connectivity index is 2.76. The van der Waals surface area contributed by atoms with Crippen LogP contribution in [-0.4, -0.2) is 18.8 Å². The number of esters is 1. The van der Waals surface area contributed by atoms with Gasteiger partial charge < -0.3 is 10.1 Å². The molecule has 0 bridgehead atoms. The predicted molar refractivity (Wildman–Crippen MR) is 68.8 cm³/mol. The van der Waals surface area contributed by atoms with E-state index in [2.05, 4.69) is 10.1 Å². The van der Waals surface area contributed by atoms with Crippen molar-refractivity contribution in [3.63, 3.8) is 0 Å². The maximum atomic E-state index is 12.7. The number of halogens is 3. The van der Waals surface area contributed by atoms with E-state index in [1.165, 1.54) is 6.92 Å². The van der Waals surface area contributed by atoms with E-state index < -0.39 is 17.8 Å². The lowest BCUT2D eigenvalue weighted by atomic mass is 10.1. The van der Waals surface area contributed by atoms with Gasteiger partial charge >= 0.3 is 12.1 Å². The van der Waals surface area contributed by atoms with Gasteiger partial charge in [-0.2, -0.15) is 13.2 Å². The number of ether oxygens (including phenoxy) is 1. The number of alkyl halides is 3. The van der Waals surface area contributed by atoms with Crippen LogP contribution < -0.4 is 5.32 Å². The van der Waals surface area contributed by atoms with Gasteiger partial charge in [0.05, 0.1) is 12.7 Å². The SMILES string of the molecule is CCOC(=O)/C=C(\NCc1ccc(C)cc1)C(F)(F)F. The van der Waals surface area contributed by atoms with Gasteiger partial charge in [-0.25, -0.2) is 4.79 Å². The molecule has 1 aromatic carbocycles. The second-order valence-electron chi connectivity index (χ2n) is 4.15. The maximum absolute atomic E-state index is 12.7. The molecule has 20 heavy (non-hydrogen) atoms. The Bertz CT molecular complexity index is 478. The summed E-state index contributed by atoms with van der Waals surface area (Å²) in [4.78, 5) is 11.1. The normalized spacial score (nSPS) is 12.2. The Labute approximate surface area is 115 Å². The molecule has 3 nitrogen and oxygen atoms in total. The van der Waals surface area contributed by atoms with Crippen molar-refractivity contribution < 1.29 is 22.7 Å². The first kappa shape index (κ1) is 16.1. The van der Waals surface area contributed by atoms with Crippen LogP contribution in [0.5, 0.6) is 0 Å². The summed E-state index contributed by atoms with van der Waals surface area (Å²) in [6.45, 7) is 3.42. The van der Waals surface area contributed by atoms with Crippen LogP contribution in [0, 0.1) is 6.92 Å². The molecule has 0 fully saturated rings. The van der Waals surface area contributed by atoms with Crippen molar-refractivity contribution in [1.82, 2.24) is 5.32 Å². The largest absolute Gasteiger partial charge is 0.463 e. The molecular weight excluding hydrogens is 271 g/mol. The molecule has 1 aromatic rings. The topological polar surface area (TPSA) is 38.3 Å². The minimum atomic E-state index is -4.63. The van der Waals surface area contributed by atoms with Crippen molar-refractivity contribution in [2.75, 3.05) is 6.61 Å². The Morgan fingerprint density at radius 2 is 1.90 bits per heavy atom. The number of benzene rings is 1. The summed E-state index contributed by atoms with van der Waals surface area (Å²) >= 11 is 0. The summed E-state index contributed by atoms with van der Waals surface area (Å²) in [5.41, 5.74) is 0.595. The number of hydrogen-bond donors (Lipinski definition) is 1. The van der Waals surface area contributed by atoms with Crippen LogP contribution in [0.2, 0.25) is 0 Å². The van der Waals surface area contributed by atoms with Crippen molar-refractivity contribution in [3.8, 4) is 0 Å². The van der Waals surface area contributed by atoms with Crippen LogP contribution in [0.25, 0.3) is 0 Å². The highest BCUT2D eigenvalue weighted by Crippen LogP contribution is 2.23. The van der Waals surface area contributed by atoms with Gasteiger partial charge in [0.2, 0.25) is 0 Å². The van der Waals surface area contributed by atoms with Gasteiger partial charge in [-0.3, -0.25) is 0 Å². The number of hydrogen-bond acceptors (Lipinski definition) is 3. The molecule has 0 aliphatic carbocycles. The Morgan fingerprint density at radius 3 is 2.40 bits per heavy atom. The van der Waals surface area contributed by atoms with Crippen LogP contribution in [0.1, 0.15) is 18.1 Å². The van der Waals surface area contributed by atoms with E-state index in [9.17, 15) is 18.0 Å². The molecule has 0 radical (unpaired) electrons. The van der Waals surface area contributed by atoms with Crippen molar-refractivity contribution in [1.29, 1.82) is 0 Å². The van der Waals surface area contributed by atoms with Gasteiger partial charge in [0.15, 0.2) is 0 Å². The lowest BCUT2D eigenvalue weighted by Crippen LogP contribution is -2.27. The van der Waals surface area contributed by atoms with Crippen LogP contribution in [-0.2, 0) is 16.1 Å². The summed E-state index contributed by atoms with van der Waals surface area (Å²) in [7, 11) is 0. The number of rotatable bonds is 5. The van der Waals surface area contributed by atoms with Crippen molar-refractivity contribution in [3.05, 3.63) is 47.2 Å². The number of carbonyl (C=O) groups is 1. The number of aryl methyl sites for hydroxylation is 1. The van der Waals surface area contributed by atoms with Gasteiger partial charge in [-0.1, -0.05) is 29.8 Å². The first-order chi connectivity index (χ1) is 9.32. The molecule has 0 amide bonds. The third-order valence-electron chi connectivity index (χ3n) is 2.46. The van der Waals surface area contributed by atoms with E-state index in [-0.39, 0.29) is 13.2 Å². The zero-order valence-corrected chi connectivity index (χ0v) is 11.3. The Kier molecular flexibility index (Phi) is 5.61. The number of allylic oxidation sites excluding steroid dienone is 1. The monoisotopic (exact) mass is 287 g/mol. The number of nitrogens with one attached hydrogen (secondary N) is 1. The molecule has 1 rings (SSSR count). The summed E-state index contributed by atoms with van der Waals surface area (Å²) in [6, 6.07) is 7.06. The lowest BCUT2D eigenvalue weighted by Gasteiger charge is -2.14. The van der Waals surface area contributed by atoms with Crippen LogP contribution in [0.15, 0.2) is 36.0 Å². The molecule has 110 valence electrons. The van der Waals surface area contributed by atoms with E-state index in [1.54, 1.807) is 24.3 Å². The summed E-state index contributed by atoms with van der Waals surface area (Å²) < 4.78 is 42.7. The lowest BCUT2D eigenvalue weighted by molar-refractivity contribution is -0.138. The molecule has 0 saturated heterocycles. The highest BCUT2D eigenvalue weighted by atomic mass is 19.4. The van der Waals surface area contributed by atoms with E-state index >= 15 is 0 Å². The average Bonchev–Trinajstić information content (AvgIpc) is 2.35. The van der Waals surface area contributed by atoms with Crippen LogP contribution in [0.3, 0.4) is 0 Å². The fourth-order valence-electron chi connectivity index (χ4n) is 1.44. The molecule has 1 N–H and O–H groups in total. The number of carbonyl (C=O) groups excluding carboxylic acids is 1. The molecule has 0 atom stereocenters. The smallest absolute Gasteiger partial charge is 0.431 e. The molecule has 0 aromatic heterocycles. The zero-order chi connectivity index (χ0) is 15.2. The van der Waals surface area contributed by atoms with E-state index in [1.807, 2.05) is 6.92 Å². The highest BCUT2D eigenvalue weighted by molar-refractivity contribution is 5.82. The standard InChI is InChI=1S/C14H16F3NO2/c1-3-20-13(19)8-12(14(15,16)17)18-9-11-6-4-10(2)5-7-11/h4-8,18H,3,9H2,1-2H3/b12-8-. The van der Waals surface area contributed by atoms with Crippen LogP contribution >= 0.6 is 0 Å². The van der Waals surface area contributed by atoms with E-state index in [4.69, 9.17) is 0 Å². The first-order valence-electron chi connectivity index (χ1n) is 6.08. The van der Waals surface area contributed by atoms with E-state index in [0.717, 1.165) is 5.56 Å². The fraction of sp³-hybridized carbons (Fsp3) is 0.357. The molecule has 0 heterocycles. The first-order valence-corrected chi connectivity index (χ1v) is 6.08. The van der Waals surface area contributed by atoms with Crippen molar-refractivity contribution in [2.45, 2.75) is 26.6 Å². The third-order valence-corrected chi connectivity index (χ3v) is 2.46. The van der Waals surface area contributed by atoms with Gasteiger partial charge in [0.1, 0.15) is 5.70 Å². The molecule has 6 heteroatoms. The maximum Gasteiger partial charge on any atom is 0.431 e. The Hall–Kier alpha value is -1.98. The molecule has 0 aliphatic rings. The predicted octanol–water partition coefficient (Wildman–Crippen LogP) is 3.09. The third kappa shape index (κ3) is 5.34. The molecule has 0 spiro atoms. The minimum Gasteiger partial charge on any atom is -0.463 e. The quantitative estimate of drug-likeness (QED) is 0.668. The summed E-state index contributed by atoms with van der Waals surface area (Å²) in [6.07, 6.45) is -4.20. The van der Waals surface area contributed by atoms with Gasteiger partial charge in [0.25, 0.3) is 0 Å². The second kappa shape index (κ2) is 6.98. The minimum absolute atomic E-state index is 0.0228. The van der Waals surface area contributed by atoms with E-state index in [0.29, 0.717) is 11.6 Å². The van der Waals surface area contributed by atoms with Gasteiger partial charge in [0, 0.05) is 6.54 Å². The molecule has 0 aliphatic heterocycles. The highest BCUT2D eigenvalue weighted by Gasteiger charge is 2.34. The summed E-state index contributed by atoms with van der Waals surface area (Å²) in [5.74, 6) is -1.02. The van der Waals surface area contributed by atoms with Crippen molar-refractivity contribution >= 4 is 5.97 Å². The van der Waals surface area contributed by atoms with Gasteiger partial charge in [-0.05, 0) is 19.4 Å².